The lowest BCUT2D eigenvalue weighted by Crippen LogP contribution is -2.46. The summed E-state index contributed by atoms with van der Waals surface area (Å²) in [7, 11) is 0. The molecular weight excluding hydrogens is 356 g/mol. The van der Waals surface area contributed by atoms with Crippen LogP contribution in [0.3, 0.4) is 0 Å². The molecule has 1 fully saturated rings. The number of nitrogens with one attached hydrogen (secondary N) is 2. The summed E-state index contributed by atoms with van der Waals surface area (Å²) < 4.78 is 0. The number of aromatic amines is 1. The quantitative estimate of drug-likeness (QED) is 0.629. The van der Waals surface area contributed by atoms with Gasteiger partial charge in [0.05, 0.1) is 0 Å². The van der Waals surface area contributed by atoms with Gasteiger partial charge >= 0.3 is 0 Å². The summed E-state index contributed by atoms with van der Waals surface area (Å²) in [5, 5.41) is 12.3. The Labute approximate surface area is 162 Å². The fourth-order valence-corrected chi connectivity index (χ4v) is 3.41. The number of aromatic nitrogens is 3. The van der Waals surface area contributed by atoms with Gasteiger partial charge in [0.1, 0.15) is 0 Å². The molecule has 1 aliphatic heterocycles. The third kappa shape index (κ3) is 3.80. The Kier molecular flexibility index (Phi) is 5.18. The number of carbonyl (C=O) groups excluding carboxylic acids is 2. The first-order valence-electron chi connectivity index (χ1n) is 9.36. The van der Waals surface area contributed by atoms with Gasteiger partial charge < -0.3 is 20.1 Å². The van der Waals surface area contributed by atoms with Crippen LogP contribution in [-0.4, -0.2) is 65.1 Å². The highest BCUT2D eigenvalue weighted by molar-refractivity contribution is 5.92. The normalized spacial score (nSPS) is 14.3. The van der Waals surface area contributed by atoms with E-state index in [2.05, 4.69) is 31.5 Å². The van der Waals surface area contributed by atoms with Gasteiger partial charge in [-0.15, -0.1) is 10.2 Å². The number of amides is 2. The highest BCUT2D eigenvalue weighted by Gasteiger charge is 2.17. The lowest BCUT2D eigenvalue weighted by atomic mass is 10.1. The van der Waals surface area contributed by atoms with Crippen LogP contribution in [0, 0.1) is 0 Å². The van der Waals surface area contributed by atoms with Crippen LogP contribution in [0.2, 0.25) is 0 Å². The Morgan fingerprint density at radius 1 is 1.11 bits per heavy atom. The number of rotatable bonds is 6. The fourth-order valence-electron chi connectivity index (χ4n) is 3.41. The lowest BCUT2D eigenvalue weighted by molar-refractivity contribution is -0.118. The molecule has 1 aliphatic rings. The van der Waals surface area contributed by atoms with Crippen LogP contribution in [-0.2, 0) is 11.2 Å². The lowest BCUT2D eigenvalue weighted by Gasteiger charge is -2.32. The van der Waals surface area contributed by atoms with E-state index in [9.17, 15) is 9.59 Å². The molecule has 0 bridgehead atoms. The van der Waals surface area contributed by atoms with Crippen molar-refractivity contribution in [2.45, 2.75) is 6.42 Å². The van der Waals surface area contributed by atoms with E-state index in [4.69, 9.17) is 0 Å². The van der Waals surface area contributed by atoms with Crippen molar-refractivity contribution in [3.05, 3.63) is 53.9 Å². The maximum atomic E-state index is 12.3. The Bertz CT molecular complexity index is 960. The number of hydrogen-bond acceptors (Lipinski definition) is 5. The van der Waals surface area contributed by atoms with Crippen LogP contribution >= 0.6 is 0 Å². The number of para-hydroxylation sites is 1. The first-order chi connectivity index (χ1) is 13.7. The van der Waals surface area contributed by atoms with E-state index in [1.54, 1.807) is 17.0 Å². The molecule has 0 spiro atoms. The zero-order valence-electron chi connectivity index (χ0n) is 15.5. The average molecular weight is 378 g/mol. The predicted molar refractivity (Wildman–Crippen MR) is 106 cm³/mol. The largest absolute Gasteiger partial charge is 0.361 e. The average Bonchev–Trinajstić information content (AvgIpc) is 3.17. The monoisotopic (exact) mass is 378 g/mol. The van der Waals surface area contributed by atoms with Crippen molar-refractivity contribution in [2.24, 2.45) is 0 Å². The van der Waals surface area contributed by atoms with Crippen LogP contribution in [0.1, 0.15) is 16.1 Å². The standard InChI is InChI=1S/C20H22N6O2/c27-14-25-9-11-26(12-10-25)19-6-5-18(23-24-19)20(28)21-8-7-15-13-22-17-4-2-1-3-16(15)17/h1-6,13-14,22H,7-12H2,(H,21,28). The molecule has 1 aromatic carbocycles. The van der Waals surface area contributed by atoms with Crippen molar-refractivity contribution in [3.8, 4) is 0 Å². The highest BCUT2D eigenvalue weighted by Crippen LogP contribution is 2.17. The minimum atomic E-state index is -0.232. The van der Waals surface area contributed by atoms with Gasteiger partial charge in [-0.05, 0) is 30.2 Å². The van der Waals surface area contributed by atoms with E-state index in [1.165, 1.54) is 10.9 Å². The number of fused-ring (bicyclic) bond motifs is 1. The molecule has 8 heteroatoms. The molecule has 0 atom stereocenters. The van der Waals surface area contributed by atoms with E-state index in [0.29, 0.717) is 38.4 Å². The summed E-state index contributed by atoms with van der Waals surface area (Å²) >= 11 is 0. The Balaban J connectivity index is 1.30. The number of nitrogens with zero attached hydrogens (tertiary/aromatic N) is 4. The van der Waals surface area contributed by atoms with Gasteiger partial charge in [-0.1, -0.05) is 18.2 Å². The van der Waals surface area contributed by atoms with Gasteiger partial charge in [-0.3, -0.25) is 9.59 Å². The molecule has 0 radical (unpaired) electrons. The van der Waals surface area contributed by atoms with Crippen LogP contribution in [0.25, 0.3) is 10.9 Å². The molecule has 28 heavy (non-hydrogen) atoms. The van der Waals surface area contributed by atoms with E-state index in [-0.39, 0.29) is 5.91 Å². The Morgan fingerprint density at radius 3 is 2.68 bits per heavy atom. The molecule has 3 aromatic rings. The Hall–Kier alpha value is -3.42. The van der Waals surface area contributed by atoms with E-state index >= 15 is 0 Å². The maximum Gasteiger partial charge on any atom is 0.271 e. The molecule has 1 saturated heterocycles. The summed E-state index contributed by atoms with van der Waals surface area (Å²) in [6.45, 7) is 3.29. The predicted octanol–water partition coefficient (Wildman–Crippen LogP) is 1.21. The van der Waals surface area contributed by atoms with Crippen molar-refractivity contribution in [2.75, 3.05) is 37.6 Å². The summed E-state index contributed by atoms with van der Waals surface area (Å²) in [5.41, 5.74) is 2.57. The number of hydrogen-bond donors (Lipinski definition) is 2. The summed E-state index contributed by atoms with van der Waals surface area (Å²) in [5.74, 6) is 0.491. The number of anilines is 1. The van der Waals surface area contributed by atoms with Crippen LogP contribution in [0.5, 0.6) is 0 Å². The zero-order valence-corrected chi connectivity index (χ0v) is 15.5. The van der Waals surface area contributed by atoms with Gasteiger partial charge in [-0.25, -0.2) is 0 Å². The SMILES string of the molecule is O=CN1CCN(c2ccc(C(=O)NCCc3c[nH]c4ccccc34)nn2)CC1. The second-order valence-corrected chi connectivity index (χ2v) is 6.77. The van der Waals surface area contributed by atoms with Crippen LogP contribution in [0.4, 0.5) is 5.82 Å². The van der Waals surface area contributed by atoms with Gasteiger partial charge in [0.15, 0.2) is 11.5 Å². The minimum absolute atomic E-state index is 0.232. The summed E-state index contributed by atoms with van der Waals surface area (Å²) in [6, 6.07) is 11.6. The van der Waals surface area contributed by atoms with Crippen LogP contribution in [0.15, 0.2) is 42.6 Å². The number of carbonyl (C=O) groups is 2. The molecule has 8 nitrogen and oxygen atoms in total. The first-order valence-corrected chi connectivity index (χ1v) is 9.36. The molecule has 0 aliphatic carbocycles. The molecule has 2 amide bonds. The van der Waals surface area contributed by atoms with Gasteiger partial charge in [0.25, 0.3) is 5.91 Å². The van der Waals surface area contributed by atoms with Crippen molar-refractivity contribution in [1.82, 2.24) is 25.4 Å². The number of H-pyrrole nitrogens is 1. The summed E-state index contributed by atoms with van der Waals surface area (Å²) in [4.78, 5) is 30.1. The highest BCUT2D eigenvalue weighted by atomic mass is 16.2. The molecule has 2 N–H and O–H groups in total. The molecule has 144 valence electrons. The minimum Gasteiger partial charge on any atom is -0.361 e. The third-order valence-corrected chi connectivity index (χ3v) is 5.03. The van der Waals surface area contributed by atoms with Crippen molar-refractivity contribution >= 4 is 29.0 Å². The van der Waals surface area contributed by atoms with E-state index < -0.39 is 0 Å². The number of benzene rings is 1. The molecule has 3 heterocycles. The molecule has 2 aromatic heterocycles. The van der Waals surface area contributed by atoms with Crippen LogP contribution < -0.4 is 10.2 Å². The third-order valence-electron chi connectivity index (χ3n) is 5.03. The molecule has 0 saturated carbocycles. The zero-order chi connectivity index (χ0) is 19.3. The smallest absolute Gasteiger partial charge is 0.271 e. The van der Waals surface area contributed by atoms with Crippen molar-refractivity contribution in [1.29, 1.82) is 0 Å². The topological polar surface area (TPSA) is 94.2 Å². The van der Waals surface area contributed by atoms with Crippen molar-refractivity contribution in [3.63, 3.8) is 0 Å². The van der Waals surface area contributed by atoms with Gasteiger partial charge in [-0.2, -0.15) is 0 Å². The number of piperazine rings is 1. The second kappa shape index (κ2) is 8.08. The van der Waals surface area contributed by atoms with Crippen molar-refractivity contribution < 1.29 is 9.59 Å². The fraction of sp³-hybridized carbons (Fsp3) is 0.300. The molecular formula is C20H22N6O2. The van der Waals surface area contributed by atoms with Gasteiger partial charge in [0, 0.05) is 49.8 Å². The summed E-state index contributed by atoms with van der Waals surface area (Å²) in [6.07, 6.45) is 3.59. The second-order valence-electron chi connectivity index (χ2n) is 6.77. The van der Waals surface area contributed by atoms with Gasteiger partial charge in [0.2, 0.25) is 6.41 Å². The van der Waals surface area contributed by atoms with E-state index in [1.807, 2.05) is 24.4 Å². The van der Waals surface area contributed by atoms with E-state index in [0.717, 1.165) is 24.2 Å². The molecule has 4 rings (SSSR count). The maximum absolute atomic E-state index is 12.3. The Morgan fingerprint density at radius 2 is 1.93 bits per heavy atom. The first kappa shape index (κ1) is 18.0. The molecule has 0 unspecified atom stereocenters.